The molecule has 0 fully saturated rings. The van der Waals surface area contributed by atoms with E-state index in [1.165, 1.54) is 5.54 Å². The van der Waals surface area contributed by atoms with Gasteiger partial charge in [0.2, 0.25) is 0 Å². The summed E-state index contributed by atoms with van der Waals surface area (Å²) in [5.74, 6) is 0.460. The van der Waals surface area contributed by atoms with Gasteiger partial charge in [0.05, 0.1) is 10.6 Å². The minimum absolute atomic E-state index is 0.310. The summed E-state index contributed by atoms with van der Waals surface area (Å²) in [4.78, 5) is 10.7. The van der Waals surface area contributed by atoms with E-state index < -0.39 is 0 Å². The SMILES string of the molecule is O=Cc1c(Cl)cccc1OC/C=C/Cl. The summed E-state index contributed by atoms with van der Waals surface area (Å²) < 4.78 is 5.26. The molecule has 2 nitrogen and oxygen atoms in total. The molecule has 0 aliphatic carbocycles. The second kappa shape index (κ2) is 5.68. The van der Waals surface area contributed by atoms with Gasteiger partial charge in [-0.3, -0.25) is 4.79 Å². The molecule has 1 aromatic carbocycles. The molecule has 4 heteroatoms. The van der Waals surface area contributed by atoms with Crippen molar-refractivity contribution in [3.8, 4) is 5.75 Å². The first-order valence-corrected chi connectivity index (χ1v) is 4.72. The van der Waals surface area contributed by atoms with E-state index in [2.05, 4.69) is 0 Å². The van der Waals surface area contributed by atoms with Crippen molar-refractivity contribution in [2.45, 2.75) is 0 Å². The number of rotatable bonds is 4. The molecule has 0 aromatic heterocycles. The number of carbonyl (C=O) groups excluding carboxylic acids is 1. The van der Waals surface area contributed by atoms with Crippen molar-refractivity contribution in [1.29, 1.82) is 0 Å². The van der Waals surface area contributed by atoms with E-state index in [9.17, 15) is 4.79 Å². The fraction of sp³-hybridized carbons (Fsp3) is 0.100. The zero-order chi connectivity index (χ0) is 10.4. The van der Waals surface area contributed by atoms with Crippen LogP contribution in [0.15, 0.2) is 29.8 Å². The largest absolute Gasteiger partial charge is 0.489 e. The van der Waals surface area contributed by atoms with Gasteiger partial charge in [-0.2, -0.15) is 0 Å². The minimum Gasteiger partial charge on any atom is -0.489 e. The van der Waals surface area contributed by atoms with E-state index in [4.69, 9.17) is 27.9 Å². The Kier molecular flexibility index (Phi) is 4.50. The number of hydrogen-bond donors (Lipinski definition) is 0. The molecule has 0 unspecified atom stereocenters. The van der Waals surface area contributed by atoms with E-state index in [0.717, 1.165) is 0 Å². The summed E-state index contributed by atoms with van der Waals surface area (Å²) in [5, 5.41) is 0.382. The Morgan fingerprint density at radius 3 is 2.86 bits per heavy atom. The smallest absolute Gasteiger partial charge is 0.155 e. The summed E-state index contributed by atoms with van der Waals surface area (Å²) in [6.45, 7) is 0.310. The molecule has 0 spiro atoms. The average Bonchev–Trinajstić information content (AvgIpc) is 2.18. The Labute approximate surface area is 92.1 Å². The summed E-state index contributed by atoms with van der Waals surface area (Å²) in [6.07, 6.45) is 2.29. The normalized spacial score (nSPS) is 10.4. The Balaban J connectivity index is 2.85. The van der Waals surface area contributed by atoms with Crippen LogP contribution in [0.1, 0.15) is 10.4 Å². The number of aldehydes is 1. The lowest BCUT2D eigenvalue weighted by molar-refractivity contribution is 0.112. The first-order valence-electron chi connectivity index (χ1n) is 3.91. The van der Waals surface area contributed by atoms with Crippen molar-refractivity contribution in [2.24, 2.45) is 0 Å². The molecule has 0 saturated heterocycles. The van der Waals surface area contributed by atoms with Gasteiger partial charge in [0.15, 0.2) is 6.29 Å². The van der Waals surface area contributed by atoms with Gasteiger partial charge in [0.1, 0.15) is 12.4 Å². The van der Waals surface area contributed by atoms with Crippen LogP contribution in [-0.4, -0.2) is 12.9 Å². The van der Waals surface area contributed by atoms with Crippen molar-refractivity contribution >= 4 is 29.5 Å². The molecule has 0 aliphatic rings. The van der Waals surface area contributed by atoms with Crippen LogP contribution in [0.5, 0.6) is 5.75 Å². The fourth-order valence-electron chi connectivity index (χ4n) is 0.932. The van der Waals surface area contributed by atoms with Crippen LogP contribution in [0, 0.1) is 0 Å². The molecule has 0 amide bonds. The zero-order valence-electron chi connectivity index (χ0n) is 7.24. The quantitative estimate of drug-likeness (QED) is 0.743. The highest BCUT2D eigenvalue weighted by Crippen LogP contribution is 2.24. The van der Waals surface area contributed by atoms with Gasteiger partial charge in [-0.1, -0.05) is 29.3 Å². The van der Waals surface area contributed by atoms with Gasteiger partial charge in [-0.25, -0.2) is 0 Å². The van der Waals surface area contributed by atoms with Gasteiger partial charge < -0.3 is 4.74 Å². The van der Waals surface area contributed by atoms with Crippen LogP contribution in [-0.2, 0) is 0 Å². The number of carbonyl (C=O) groups is 1. The molecule has 0 N–H and O–H groups in total. The maximum atomic E-state index is 10.7. The molecular formula is C10H8Cl2O2. The summed E-state index contributed by atoms with van der Waals surface area (Å²) in [6, 6.07) is 5.03. The molecule has 0 heterocycles. The Morgan fingerprint density at radius 2 is 2.21 bits per heavy atom. The number of halogens is 2. The van der Waals surface area contributed by atoms with Gasteiger partial charge in [-0.15, -0.1) is 0 Å². The lowest BCUT2D eigenvalue weighted by Crippen LogP contribution is -1.97. The molecule has 0 saturated carbocycles. The zero-order valence-corrected chi connectivity index (χ0v) is 8.76. The van der Waals surface area contributed by atoms with Crippen LogP contribution >= 0.6 is 23.2 Å². The second-order valence-corrected chi connectivity index (χ2v) is 3.10. The molecule has 0 atom stereocenters. The van der Waals surface area contributed by atoms with E-state index in [1.807, 2.05) is 0 Å². The minimum atomic E-state index is 0.310. The third kappa shape index (κ3) is 2.76. The van der Waals surface area contributed by atoms with Gasteiger partial charge in [0, 0.05) is 5.54 Å². The standard InChI is InChI=1S/C10H8Cl2O2/c11-5-2-6-14-10-4-1-3-9(12)8(10)7-13/h1-5,7H,6H2/b5-2+. The molecular weight excluding hydrogens is 223 g/mol. The third-order valence-corrected chi connectivity index (χ3v) is 2.06. The summed E-state index contributed by atoms with van der Waals surface area (Å²) in [7, 11) is 0. The van der Waals surface area contributed by atoms with Crippen LogP contribution in [0.4, 0.5) is 0 Å². The van der Waals surface area contributed by atoms with E-state index in [-0.39, 0.29) is 0 Å². The van der Waals surface area contributed by atoms with Crippen molar-refractivity contribution in [1.82, 2.24) is 0 Å². The average molecular weight is 231 g/mol. The van der Waals surface area contributed by atoms with E-state index >= 15 is 0 Å². The molecule has 0 aliphatic heterocycles. The van der Waals surface area contributed by atoms with Crippen molar-refractivity contribution in [3.63, 3.8) is 0 Å². The van der Waals surface area contributed by atoms with E-state index in [0.29, 0.717) is 29.2 Å². The molecule has 1 aromatic rings. The Hall–Kier alpha value is -0.990. The van der Waals surface area contributed by atoms with Crippen LogP contribution < -0.4 is 4.74 Å². The highest BCUT2D eigenvalue weighted by molar-refractivity contribution is 6.33. The lowest BCUT2D eigenvalue weighted by Gasteiger charge is -2.06. The summed E-state index contributed by atoms with van der Waals surface area (Å²) in [5.41, 5.74) is 1.71. The molecule has 1 rings (SSSR count). The van der Waals surface area contributed by atoms with Crippen LogP contribution in [0.2, 0.25) is 5.02 Å². The van der Waals surface area contributed by atoms with Crippen molar-refractivity contribution < 1.29 is 9.53 Å². The maximum Gasteiger partial charge on any atom is 0.155 e. The first kappa shape index (κ1) is 11.1. The Bertz CT molecular complexity index is 348. The first-order chi connectivity index (χ1) is 6.79. The second-order valence-electron chi connectivity index (χ2n) is 2.44. The highest BCUT2D eigenvalue weighted by Gasteiger charge is 2.05. The van der Waals surface area contributed by atoms with E-state index in [1.54, 1.807) is 24.3 Å². The predicted molar refractivity (Wildman–Crippen MR) is 57.3 cm³/mol. The summed E-state index contributed by atoms with van der Waals surface area (Å²) >= 11 is 11.1. The van der Waals surface area contributed by atoms with Gasteiger partial charge in [-0.05, 0) is 18.2 Å². The molecule has 14 heavy (non-hydrogen) atoms. The third-order valence-electron chi connectivity index (χ3n) is 1.55. The molecule has 0 bridgehead atoms. The predicted octanol–water partition coefficient (Wildman–Crippen LogP) is 3.28. The highest BCUT2D eigenvalue weighted by atomic mass is 35.5. The van der Waals surface area contributed by atoms with Crippen molar-refractivity contribution in [3.05, 3.63) is 40.4 Å². The number of benzene rings is 1. The maximum absolute atomic E-state index is 10.7. The number of ether oxygens (including phenoxy) is 1. The van der Waals surface area contributed by atoms with Gasteiger partial charge in [0.25, 0.3) is 0 Å². The lowest BCUT2D eigenvalue weighted by atomic mass is 10.2. The topological polar surface area (TPSA) is 26.3 Å². The molecule has 74 valence electrons. The fourth-order valence-corrected chi connectivity index (χ4v) is 1.21. The molecule has 0 radical (unpaired) electrons. The van der Waals surface area contributed by atoms with Crippen molar-refractivity contribution in [2.75, 3.05) is 6.61 Å². The number of hydrogen-bond acceptors (Lipinski definition) is 2. The van der Waals surface area contributed by atoms with Gasteiger partial charge >= 0.3 is 0 Å². The van der Waals surface area contributed by atoms with Crippen LogP contribution in [0.25, 0.3) is 0 Å². The van der Waals surface area contributed by atoms with Crippen LogP contribution in [0.3, 0.4) is 0 Å². The Morgan fingerprint density at radius 1 is 1.43 bits per heavy atom. The monoisotopic (exact) mass is 230 g/mol.